The molecule has 8 heteroatoms. The molecule has 0 unspecified atom stereocenters. The second-order valence-corrected chi connectivity index (χ2v) is 6.96. The maximum absolute atomic E-state index is 12.9. The molecule has 8 nitrogen and oxygen atoms in total. The van der Waals surface area contributed by atoms with Gasteiger partial charge in [-0.1, -0.05) is 12.1 Å². The van der Waals surface area contributed by atoms with E-state index in [1.165, 1.54) is 11.1 Å². The Morgan fingerprint density at radius 2 is 2.07 bits per heavy atom. The maximum Gasteiger partial charge on any atom is 0.259 e. The van der Waals surface area contributed by atoms with Crippen molar-refractivity contribution in [3.05, 3.63) is 64.2 Å². The summed E-state index contributed by atoms with van der Waals surface area (Å²) in [5, 5.41) is 14.1. The van der Waals surface area contributed by atoms with Crippen molar-refractivity contribution in [3.63, 3.8) is 0 Å². The summed E-state index contributed by atoms with van der Waals surface area (Å²) in [5.74, 6) is 0.0609. The Morgan fingerprint density at radius 1 is 1.29 bits per heavy atom. The largest absolute Gasteiger partial charge is 0.389 e. The van der Waals surface area contributed by atoms with Gasteiger partial charge >= 0.3 is 0 Å². The molecule has 4 rings (SSSR count). The van der Waals surface area contributed by atoms with Gasteiger partial charge in [0.15, 0.2) is 0 Å². The second kappa shape index (κ2) is 7.40. The van der Waals surface area contributed by atoms with E-state index < -0.39 is 6.10 Å². The zero-order chi connectivity index (χ0) is 19.7. The number of aromatic amines is 1. The molecule has 28 heavy (non-hydrogen) atoms. The molecule has 1 aliphatic rings. The van der Waals surface area contributed by atoms with Crippen LogP contribution < -0.4 is 10.7 Å². The molecule has 1 amide bonds. The molecule has 1 aromatic carbocycles. The number of para-hydroxylation sites is 1. The van der Waals surface area contributed by atoms with Crippen LogP contribution in [0.1, 0.15) is 22.3 Å². The number of aliphatic hydroxyl groups is 1. The molecule has 3 aromatic rings. The number of amides is 1. The molecule has 2 atom stereocenters. The van der Waals surface area contributed by atoms with Gasteiger partial charge in [0.05, 0.1) is 17.7 Å². The number of anilines is 1. The molecule has 0 radical (unpaired) electrons. The molecule has 3 N–H and O–H groups in total. The lowest BCUT2D eigenvalue weighted by molar-refractivity contribution is 0.0424. The Labute approximate surface area is 161 Å². The highest BCUT2D eigenvalue weighted by Gasteiger charge is 2.32. The average Bonchev–Trinajstić information content (AvgIpc) is 2.71. The molecule has 3 heterocycles. The molecule has 144 valence electrons. The number of piperidine rings is 1. The van der Waals surface area contributed by atoms with Crippen molar-refractivity contribution in [2.24, 2.45) is 0 Å². The number of aryl methyl sites for hydroxylation is 1. The minimum Gasteiger partial charge on any atom is -0.389 e. The molecule has 0 spiro atoms. The number of β-amino-alcohol motifs (C(OH)–C–C–N with tert-alkyl or cyclic N) is 1. The predicted molar refractivity (Wildman–Crippen MR) is 105 cm³/mol. The standard InChI is InChI=1S/C20H21N5O3/c1-12-4-2-5-13-17(12)23-10-14(18(13)27)19(28)25-9-6-15(16(26)11-25)24-20-21-7-3-8-22-20/h2-5,7-8,10,15-16,26H,6,9,11H2,1H3,(H,23,27)(H,21,22,24)/t15-,16-/m1/s1. The van der Waals surface area contributed by atoms with Crippen molar-refractivity contribution in [1.29, 1.82) is 0 Å². The number of nitrogens with one attached hydrogen (secondary N) is 2. The maximum atomic E-state index is 12.9. The molecule has 0 saturated carbocycles. The number of carbonyl (C=O) groups excluding carboxylic acids is 1. The highest BCUT2D eigenvalue weighted by atomic mass is 16.3. The fraction of sp³-hybridized carbons (Fsp3) is 0.300. The summed E-state index contributed by atoms with van der Waals surface area (Å²) in [7, 11) is 0. The van der Waals surface area contributed by atoms with Crippen molar-refractivity contribution in [2.75, 3.05) is 18.4 Å². The molecule has 1 saturated heterocycles. The minimum absolute atomic E-state index is 0.0862. The Kier molecular flexibility index (Phi) is 4.79. The smallest absolute Gasteiger partial charge is 0.259 e. The average molecular weight is 379 g/mol. The van der Waals surface area contributed by atoms with E-state index >= 15 is 0 Å². The van der Waals surface area contributed by atoms with Crippen LogP contribution in [0.3, 0.4) is 0 Å². The summed E-state index contributed by atoms with van der Waals surface area (Å²) >= 11 is 0. The number of pyridine rings is 1. The molecule has 0 aliphatic carbocycles. The molecule has 1 aliphatic heterocycles. The molecular formula is C20H21N5O3. The van der Waals surface area contributed by atoms with Crippen molar-refractivity contribution in [2.45, 2.75) is 25.5 Å². The first-order valence-electron chi connectivity index (χ1n) is 9.16. The van der Waals surface area contributed by atoms with E-state index in [1.807, 2.05) is 13.0 Å². The fourth-order valence-electron chi connectivity index (χ4n) is 3.56. The monoisotopic (exact) mass is 379 g/mol. The fourth-order valence-corrected chi connectivity index (χ4v) is 3.56. The minimum atomic E-state index is -0.789. The summed E-state index contributed by atoms with van der Waals surface area (Å²) in [6.45, 7) is 2.46. The summed E-state index contributed by atoms with van der Waals surface area (Å²) < 4.78 is 0. The number of fused-ring (bicyclic) bond motifs is 1. The van der Waals surface area contributed by atoms with Gasteiger partial charge in [0, 0.05) is 37.1 Å². The number of aliphatic hydroxyl groups excluding tert-OH is 1. The number of rotatable bonds is 3. The Morgan fingerprint density at radius 3 is 2.82 bits per heavy atom. The first-order chi connectivity index (χ1) is 13.5. The van der Waals surface area contributed by atoms with Crippen LogP contribution in [0, 0.1) is 6.92 Å². The van der Waals surface area contributed by atoms with Gasteiger partial charge in [-0.2, -0.15) is 0 Å². The molecule has 0 bridgehead atoms. The molecular weight excluding hydrogens is 358 g/mol. The number of hydrogen-bond donors (Lipinski definition) is 3. The van der Waals surface area contributed by atoms with E-state index in [4.69, 9.17) is 0 Å². The van der Waals surface area contributed by atoms with Gasteiger partial charge in [0.2, 0.25) is 11.4 Å². The number of hydrogen-bond acceptors (Lipinski definition) is 6. The zero-order valence-electron chi connectivity index (χ0n) is 15.4. The summed E-state index contributed by atoms with van der Waals surface area (Å²) in [4.78, 5) is 38.5. The van der Waals surface area contributed by atoms with Gasteiger partial charge in [-0.3, -0.25) is 9.59 Å². The van der Waals surface area contributed by atoms with Crippen LogP contribution in [-0.4, -0.2) is 56.1 Å². The summed E-state index contributed by atoms with van der Waals surface area (Å²) in [5.41, 5.74) is 1.46. The third-order valence-electron chi connectivity index (χ3n) is 5.10. The zero-order valence-corrected chi connectivity index (χ0v) is 15.4. The second-order valence-electron chi connectivity index (χ2n) is 6.96. The van der Waals surface area contributed by atoms with Crippen molar-refractivity contribution >= 4 is 22.8 Å². The Balaban J connectivity index is 1.51. The highest BCUT2D eigenvalue weighted by molar-refractivity contribution is 5.97. The van der Waals surface area contributed by atoms with Gasteiger partial charge < -0.3 is 20.3 Å². The van der Waals surface area contributed by atoms with Gasteiger partial charge in [-0.25, -0.2) is 9.97 Å². The van der Waals surface area contributed by atoms with Crippen LogP contribution in [0.15, 0.2) is 47.7 Å². The number of likely N-dealkylation sites (tertiary alicyclic amines) is 1. The first kappa shape index (κ1) is 18.1. The van der Waals surface area contributed by atoms with Crippen molar-refractivity contribution in [3.8, 4) is 0 Å². The molecule has 1 fully saturated rings. The van der Waals surface area contributed by atoms with E-state index in [2.05, 4.69) is 20.3 Å². The number of carbonyl (C=O) groups is 1. The summed E-state index contributed by atoms with van der Waals surface area (Å²) in [6, 6.07) is 6.87. The Bertz CT molecular complexity index is 1070. The van der Waals surface area contributed by atoms with E-state index in [9.17, 15) is 14.7 Å². The summed E-state index contributed by atoms with van der Waals surface area (Å²) in [6.07, 6.45) is 4.44. The van der Waals surface area contributed by atoms with Crippen LogP contribution in [0.25, 0.3) is 10.9 Å². The highest BCUT2D eigenvalue weighted by Crippen LogP contribution is 2.18. The lowest BCUT2D eigenvalue weighted by Crippen LogP contribution is -2.52. The topological polar surface area (TPSA) is 111 Å². The first-order valence-corrected chi connectivity index (χ1v) is 9.16. The van der Waals surface area contributed by atoms with E-state index in [1.54, 1.807) is 30.6 Å². The van der Waals surface area contributed by atoms with Gasteiger partial charge in [0.1, 0.15) is 5.56 Å². The van der Waals surface area contributed by atoms with Crippen LogP contribution in [0.5, 0.6) is 0 Å². The molecule has 2 aromatic heterocycles. The van der Waals surface area contributed by atoms with Crippen molar-refractivity contribution in [1.82, 2.24) is 19.9 Å². The van der Waals surface area contributed by atoms with E-state index in [-0.39, 0.29) is 29.5 Å². The lowest BCUT2D eigenvalue weighted by atomic mass is 10.0. The van der Waals surface area contributed by atoms with Crippen LogP contribution in [0.4, 0.5) is 5.95 Å². The predicted octanol–water partition coefficient (Wildman–Crippen LogP) is 1.31. The van der Waals surface area contributed by atoms with Crippen LogP contribution in [-0.2, 0) is 0 Å². The van der Waals surface area contributed by atoms with E-state index in [0.717, 1.165) is 11.1 Å². The van der Waals surface area contributed by atoms with Gasteiger partial charge in [0.25, 0.3) is 5.91 Å². The van der Waals surface area contributed by atoms with Crippen LogP contribution in [0.2, 0.25) is 0 Å². The lowest BCUT2D eigenvalue weighted by Gasteiger charge is -2.36. The number of nitrogens with zero attached hydrogens (tertiary/aromatic N) is 3. The Hall–Kier alpha value is -3.26. The number of benzene rings is 1. The third-order valence-corrected chi connectivity index (χ3v) is 5.10. The van der Waals surface area contributed by atoms with Crippen molar-refractivity contribution < 1.29 is 9.90 Å². The van der Waals surface area contributed by atoms with Crippen LogP contribution >= 0.6 is 0 Å². The quantitative estimate of drug-likeness (QED) is 0.633. The van der Waals surface area contributed by atoms with E-state index in [0.29, 0.717) is 24.3 Å². The van der Waals surface area contributed by atoms with Gasteiger partial charge in [-0.15, -0.1) is 0 Å². The number of aromatic nitrogens is 3. The number of H-pyrrole nitrogens is 1. The van der Waals surface area contributed by atoms with Gasteiger partial charge in [-0.05, 0) is 31.0 Å². The normalized spacial score (nSPS) is 19.6. The third kappa shape index (κ3) is 3.34. The SMILES string of the molecule is Cc1cccc2c(=O)c(C(=O)N3CC[C@@H](Nc4ncccn4)[C@H](O)C3)c[nH]c12.